The topological polar surface area (TPSA) is 70.2 Å². The second kappa shape index (κ2) is 10.4. The summed E-state index contributed by atoms with van der Waals surface area (Å²) in [6, 6.07) is 13.1. The maximum Gasteiger partial charge on any atom is 0.262 e. The highest BCUT2D eigenvalue weighted by atomic mass is 35.5. The van der Waals surface area contributed by atoms with Crippen LogP contribution in [0.5, 0.6) is 0 Å². The second-order valence-corrected chi connectivity index (χ2v) is 7.64. The lowest BCUT2D eigenvalue weighted by Crippen LogP contribution is -2.57. The Morgan fingerprint density at radius 3 is 2.67 bits per heavy atom. The third kappa shape index (κ3) is 6.06. The Morgan fingerprint density at radius 1 is 1.22 bits per heavy atom. The Labute approximate surface area is 170 Å². The van der Waals surface area contributed by atoms with E-state index in [1.54, 1.807) is 6.07 Å². The van der Waals surface area contributed by atoms with Gasteiger partial charge in [-0.1, -0.05) is 36.4 Å². The summed E-state index contributed by atoms with van der Waals surface area (Å²) in [5.41, 5.74) is 1.02. The van der Waals surface area contributed by atoms with Gasteiger partial charge in [0.25, 0.3) is 5.91 Å². The molecule has 5 nitrogen and oxygen atoms in total. The van der Waals surface area contributed by atoms with Gasteiger partial charge >= 0.3 is 0 Å². The van der Waals surface area contributed by atoms with Gasteiger partial charge in [0.05, 0.1) is 4.88 Å². The molecule has 0 bridgehead atoms. The van der Waals surface area contributed by atoms with Crippen LogP contribution in [0, 0.1) is 0 Å². The smallest absolute Gasteiger partial charge is 0.262 e. The van der Waals surface area contributed by atoms with Crippen molar-refractivity contribution in [3.63, 3.8) is 0 Å². The molecule has 1 aromatic heterocycles. The summed E-state index contributed by atoms with van der Waals surface area (Å²) in [6.45, 7) is 3.07. The van der Waals surface area contributed by atoms with Crippen LogP contribution in [-0.2, 0) is 11.2 Å². The van der Waals surface area contributed by atoms with Crippen molar-refractivity contribution in [1.82, 2.24) is 16.0 Å². The number of piperidine rings is 1. The molecule has 2 heterocycles. The standard InChI is InChI=1S/C20H25N3O2S.ClH/c1-14-16(9-5-11-21-14)22-19(24)17(13-15-7-3-2-4-8-15)23-20(25)18-10-6-12-26-18;/h2-4,6-8,10,12,14,16-17,21H,5,9,11,13H2,1H3,(H,22,24)(H,23,25);1H. The Balaban J connectivity index is 0.00000261. The van der Waals surface area contributed by atoms with Crippen LogP contribution in [0.25, 0.3) is 0 Å². The maximum absolute atomic E-state index is 12.9. The number of thiophene rings is 1. The molecule has 2 aromatic rings. The van der Waals surface area contributed by atoms with Crippen LogP contribution in [0.15, 0.2) is 47.8 Å². The molecular formula is C20H26ClN3O2S. The Hall–Kier alpha value is -1.89. The van der Waals surface area contributed by atoms with E-state index in [2.05, 4.69) is 22.9 Å². The van der Waals surface area contributed by atoms with E-state index in [9.17, 15) is 9.59 Å². The average molecular weight is 408 g/mol. The first-order valence-electron chi connectivity index (χ1n) is 9.05. The van der Waals surface area contributed by atoms with E-state index in [0.717, 1.165) is 24.9 Å². The lowest BCUT2D eigenvalue weighted by atomic mass is 9.98. The maximum atomic E-state index is 12.9. The van der Waals surface area contributed by atoms with Gasteiger partial charge in [0, 0.05) is 18.5 Å². The fraction of sp³-hybridized carbons (Fsp3) is 0.400. The monoisotopic (exact) mass is 407 g/mol. The van der Waals surface area contributed by atoms with Gasteiger partial charge in [0.15, 0.2) is 0 Å². The van der Waals surface area contributed by atoms with Crippen LogP contribution < -0.4 is 16.0 Å². The van der Waals surface area contributed by atoms with Crippen molar-refractivity contribution in [3.05, 3.63) is 58.3 Å². The number of carbonyl (C=O) groups excluding carboxylic acids is 2. The zero-order valence-electron chi connectivity index (χ0n) is 15.3. The first-order valence-corrected chi connectivity index (χ1v) is 9.93. The molecule has 1 aromatic carbocycles. The molecule has 146 valence electrons. The van der Waals surface area contributed by atoms with Crippen LogP contribution in [0.4, 0.5) is 0 Å². The van der Waals surface area contributed by atoms with Crippen molar-refractivity contribution in [2.24, 2.45) is 0 Å². The average Bonchev–Trinajstić information content (AvgIpc) is 3.19. The van der Waals surface area contributed by atoms with Gasteiger partial charge in [-0.15, -0.1) is 23.7 Å². The zero-order valence-corrected chi connectivity index (χ0v) is 16.9. The molecule has 3 unspecified atom stereocenters. The van der Waals surface area contributed by atoms with E-state index in [1.807, 2.05) is 41.8 Å². The number of carbonyl (C=O) groups is 2. The summed E-state index contributed by atoms with van der Waals surface area (Å²) >= 11 is 1.37. The van der Waals surface area contributed by atoms with Crippen LogP contribution in [0.1, 0.15) is 35.0 Å². The summed E-state index contributed by atoms with van der Waals surface area (Å²) in [5, 5.41) is 11.3. The van der Waals surface area contributed by atoms with Gasteiger partial charge in [-0.05, 0) is 43.3 Å². The minimum Gasteiger partial charge on any atom is -0.350 e. The van der Waals surface area contributed by atoms with E-state index in [1.165, 1.54) is 11.3 Å². The molecule has 1 aliphatic rings. The van der Waals surface area contributed by atoms with Crippen LogP contribution in [0.3, 0.4) is 0 Å². The van der Waals surface area contributed by atoms with E-state index in [4.69, 9.17) is 0 Å². The van der Waals surface area contributed by atoms with E-state index in [-0.39, 0.29) is 36.3 Å². The summed E-state index contributed by atoms with van der Waals surface area (Å²) in [4.78, 5) is 26.0. The minimum atomic E-state index is -0.596. The molecule has 7 heteroatoms. The van der Waals surface area contributed by atoms with Crippen molar-refractivity contribution >= 4 is 35.6 Å². The van der Waals surface area contributed by atoms with E-state index < -0.39 is 6.04 Å². The van der Waals surface area contributed by atoms with Gasteiger partial charge < -0.3 is 16.0 Å². The molecule has 0 aliphatic carbocycles. The van der Waals surface area contributed by atoms with Crippen molar-refractivity contribution in [2.45, 2.75) is 44.3 Å². The second-order valence-electron chi connectivity index (χ2n) is 6.69. The lowest BCUT2D eigenvalue weighted by Gasteiger charge is -2.32. The highest BCUT2D eigenvalue weighted by Gasteiger charge is 2.27. The molecule has 0 spiro atoms. The van der Waals surface area contributed by atoms with Crippen molar-refractivity contribution in [3.8, 4) is 0 Å². The van der Waals surface area contributed by atoms with Crippen LogP contribution in [0.2, 0.25) is 0 Å². The fourth-order valence-electron chi connectivity index (χ4n) is 3.22. The predicted octanol–water partition coefficient (Wildman–Crippen LogP) is 2.77. The molecule has 27 heavy (non-hydrogen) atoms. The summed E-state index contributed by atoms with van der Waals surface area (Å²) in [7, 11) is 0. The largest absolute Gasteiger partial charge is 0.350 e. The molecule has 0 radical (unpaired) electrons. The first-order chi connectivity index (χ1) is 12.6. The number of amides is 2. The molecule has 1 saturated heterocycles. The molecule has 0 saturated carbocycles. The van der Waals surface area contributed by atoms with E-state index >= 15 is 0 Å². The summed E-state index contributed by atoms with van der Waals surface area (Å²) < 4.78 is 0. The number of halogens is 1. The molecule has 3 N–H and O–H groups in total. The number of nitrogens with one attached hydrogen (secondary N) is 3. The van der Waals surface area contributed by atoms with Gasteiger partial charge in [0.1, 0.15) is 6.04 Å². The van der Waals surface area contributed by atoms with Crippen molar-refractivity contribution in [1.29, 1.82) is 0 Å². The van der Waals surface area contributed by atoms with Gasteiger partial charge in [0.2, 0.25) is 5.91 Å². The molecule has 1 fully saturated rings. The third-order valence-corrected chi connectivity index (χ3v) is 5.61. The lowest BCUT2D eigenvalue weighted by molar-refractivity contribution is -0.124. The number of rotatable bonds is 6. The Morgan fingerprint density at radius 2 is 2.00 bits per heavy atom. The first kappa shape index (κ1) is 21.4. The SMILES string of the molecule is CC1NCCCC1NC(=O)C(Cc1ccccc1)NC(=O)c1cccs1.Cl. The quantitative estimate of drug-likeness (QED) is 0.689. The van der Waals surface area contributed by atoms with Crippen LogP contribution in [-0.4, -0.2) is 36.5 Å². The van der Waals surface area contributed by atoms with Crippen molar-refractivity contribution < 1.29 is 9.59 Å². The number of hydrogen-bond acceptors (Lipinski definition) is 4. The molecular weight excluding hydrogens is 382 g/mol. The van der Waals surface area contributed by atoms with Gasteiger partial charge in [-0.2, -0.15) is 0 Å². The zero-order chi connectivity index (χ0) is 18.4. The summed E-state index contributed by atoms with van der Waals surface area (Å²) in [5.74, 6) is -0.329. The Bertz CT molecular complexity index is 724. The van der Waals surface area contributed by atoms with E-state index in [0.29, 0.717) is 11.3 Å². The highest BCUT2D eigenvalue weighted by molar-refractivity contribution is 7.12. The van der Waals surface area contributed by atoms with Crippen LogP contribution >= 0.6 is 23.7 Å². The highest BCUT2D eigenvalue weighted by Crippen LogP contribution is 2.12. The molecule has 1 aliphatic heterocycles. The molecule has 3 rings (SSSR count). The third-order valence-electron chi connectivity index (χ3n) is 4.74. The normalized spacial score (nSPS) is 20.2. The predicted molar refractivity (Wildman–Crippen MR) is 112 cm³/mol. The number of benzene rings is 1. The summed E-state index contributed by atoms with van der Waals surface area (Å²) in [6.07, 6.45) is 2.47. The Kier molecular flexibility index (Phi) is 8.28. The molecule has 2 amide bonds. The number of hydrogen-bond donors (Lipinski definition) is 3. The van der Waals surface area contributed by atoms with Gasteiger partial charge in [-0.3, -0.25) is 9.59 Å². The van der Waals surface area contributed by atoms with Crippen molar-refractivity contribution in [2.75, 3.05) is 6.54 Å². The molecule has 3 atom stereocenters. The fourth-order valence-corrected chi connectivity index (χ4v) is 3.85. The van der Waals surface area contributed by atoms with Gasteiger partial charge in [-0.25, -0.2) is 0 Å². The minimum absolute atomic E-state index is 0.